The smallest absolute Gasteiger partial charge is 0.481 e. The number of hydrogen-bond donors (Lipinski definition) is 4. The van der Waals surface area contributed by atoms with Gasteiger partial charge in [-0.15, -0.1) is 13.2 Å². The van der Waals surface area contributed by atoms with Crippen LogP contribution in [0.3, 0.4) is 0 Å². The number of carboxylic acids is 1. The maximum absolute atomic E-state index is 13.3. The van der Waals surface area contributed by atoms with Gasteiger partial charge in [-0.2, -0.15) is 0 Å². The van der Waals surface area contributed by atoms with E-state index in [9.17, 15) is 27.9 Å². The zero-order chi connectivity index (χ0) is 30.1. The summed E-state index contributed by atoms with van der Waals surface area (Å²) in [6, 6.07) is 5.47. The van der Waals surface area contributed by atoms with Gasteiger partial charge in [-0.3, -0.25) is 14.9 Å². The third-order valence-electron chi connectivity index (χ3n) is 7.94. The fourth-order valence-corrected chi connectivity index (χ4v) is 5.79. The van der Waals surface area contributed by atoms with E-state index in [4.69, 9.17) is 5.11 Å². The number of amides is 1. The van der Waals surface area contributed by atoms with E-state index < -0.39 is 35.8 Å². The van der Waals surface area contributed by atoms with Crippen molar-refractivity contribution in [3.8, 4) is 17.0 Å². The maximum atomic E-state index is 13.3. The molecule has 1 unspecified atom stereocenters. The molecule has 0 aliphatic heterocycles. The van der Waals surface area contributed by atoms with E-state index in [-0.39, 0.29) is 17.5 Å². The molecule has 2 aromatic rings. The van der Waals surface area contributed by atoms with Gasteiger partial charge in [0.25, 0.3) is 5.91 Å². The van der Waals surface area contributed by atoms with Gasteiger partial charge in [0, 0.05) is 35.1 Å². The van der Waals surface area contributed by atoms with Crippen molar-refractivity contribution < 1.29 is 37.7 Å². The molecule has 226 valence electrons. The van der Waals surface area contributed by atoms with Crippen molar-refractivity contribution in [2.45, 2.75) is 103 Å². The van der Waals surface area contributed by atoms with E-state index in [1.165, 1.54) is 12.5 Å². The fraction of sp³-hybridized carbons (Fsp3) is 0.600. The number of aliphatic hydroxyl groups is 1. The number of nitrogens with zero attached hydrogens (tertiary/aromatic N) is 1. The van der Waals surface area contributed by atoms with E-state index in [2.05, 4.69) is 15.4 Å². The molecule has 0 bridgehead atoms. The first-order chi connectivity index (χ1) is 19.1. The zero-order valence-corrected chi connectivity index (χ0v) is 24.0. The van der Waals surface area contributed by atoms with Crippen LogP contribution in [0.15, 0.2) is 24.3 Å². The summed E-state index contributed by atoms with van der Waals surface area (Å²) in [7, 11) is 0. The number of alkyl halides is 3. The highest BCUT2D eigenvalue weighted by Gasteiger charge is 2.36. The summed E-state index contributed by atoms with van der Waals surface area (Å²) >= 11 is 0. The van der Waals surface area contributed by atoms with Crippen LogP contribution in [0.5, 0.6) is 5.75 Å². The lowest BCUT2D eigenvalue weighted by atomic mass is 9.80. The molecule has 11 heteroatoms. The van der Waals surface area contributed by atoms with Gasteiger partial charge in [0.2, 0.25) is 0 Å². The van der Waals surface area contributed by atoms with Crippen LogP contribution >= 0.6 is 0 Å². The molecule has 8 nitrogen and oxygen atoms in total. The van der Waals surface area contributed by atoms with Crippen molar-refractivity contribution in [3.05, 3.63) is 41.1 Å². The predicted octanol–water partition coefficient (Wildman–Crippen LogP) is 5.91. The fourth-order valence-electron chi connectivity index (χ4n) is 5.79. The maximum Gasteiger partial charge on any atom is 0.573 e. The molecule has 0 spiro atoms. The van der Waals surface area contributed by atoms with Crippen LogP contribution in [0.25, 0.3) is 11.3 Å². The molecule has 2 saturated carbocycles. The lowest BCUT2D eigenvalue weighted by molar-refractivity contribution is -0.274. The number of aliphatic hydroxyl groups excluding tert-OH is 1. The number of rotatable bonds is 9. The molecule has 0 saturated heterocycles. The molecule has 1 amide bonds. The summed E-state index contributed by atoms with van der Waals surface area (Å²) in [6.07, 6.45) is -0.0744. The highest BCUT2D eigenvalue weighted by atomic mass is 19.4. The summed E-state index contributed by atoms with van der Waals surface area (Å²) in [5, 5.41) is 25.9. The average molecular weight is 580 g/mol. The summed E-state index contributed by atoms with van der Waals surface area (Å²) in [5.74, 6) is -1.82. The summed E-state index contributed by atoms with van der Waals surface area (Å²) in [6.45, 7) is 7.91. The Hall–Kier alpha value is -3.05. The second-order valence-corrected chi connectivity index (χ2v) is 12.5. The van der Waals surface area contributed by atoms with Gasteiger partial charge in [0.1, 0.15) is 12.0 Å². The number of hydrogen-bond acceptors (Lipinski definition) is 5. The molecule has 2 aliphatic rings. The predicted molar refractivity (Wildman–Crippen MR) is 147 cm³/mol. The Morgan fingerprint density at radius 3 is 2.32 bits per heavy atom. The Balaban J connectivity index is 1.74. The molecule has 1 aromatic carbocycles. The number of benzene rings is 1. The van der Waals surface area contributed by atoms with Gasteiger partial charge in [0.15, 0.2) is 0 Å². The van der Waals surface area contributed by atoms with Crippen LogP contribution in [0.1, 0.15) is 93.6 Å². The van der Waals surface area contributed by atoms with Crippen LogP contribution in [0.2, 0.25) is 0 Å². The molecule has 41 heavy (non-hydrogen) atoms. The number of aliphatic carboxylic acids is 1. The van der Waals surface area contributed by atoms with E-state index in [0.717, 1.165) is 31.7 Å². The Morgan fingerprint density at radius 1 is 1.07 bits per heavy atom. The topological polar surface area (TPSA) is 113 Å². The third kappa shape index (κ3) is 8.03. The van der Waals surface area contributed by atoms with Crippen molar-refractivity contribution in [2.24, 2.45) is 11.8 Å². The molecule has 2 fully saturated rings. The average Bonchev–Trinajstić information content (AvgIpc) is 3.15. The number of halogens is 3. The molecular weight excluding hydrogens is 539 g/mol. The highest BCUT2D eigenvalue weighted by Crippen LogP contribution is 2.36. The monoisotopic (exact) mass is 579 g/mol. The zero-order valence-electron chi connectivity index (χ0n) is 24.0. The number of carbonyl (C=O) groups is 2. The van der Waals surface area contributed by atoms with Crippen molar-refractivity contribution in [3.63, 3.8) is 0 Å². The van der Waals surface area contributed by atoms with Gasteiger partial charge in [-0.05, 0) is 89.1 Å². The number of aromatic nitrogens is 1. The van der Waals surface area contributed by atoms with E-state index >= 15 is 0 Å². The number of ether oxygens (including phenoxy) is 1. The lowest BCUT2D eigenvalue weighted by Crippen LogP contribution is -2.46. The SMILES string of the molecule is Cc1c(C(=O)N[C@H]2C[C@H](C(=O)O)C2)cc(-c2cc(OC(F)(F)F)cc(C(O)NC(C)(C)C)c2)n1CC1CCCCC1. The van der Waals surface area contributed by atoms with E-state index in [0.29, 0.717) is 47.8 Å². The third-order valence-corrected chi connectivity index (χ3v) is 7.94. The molecule has 1 atom stereocenters. The molecule has 1 heterocycles. The number of nitrogens with one attached hydrogen (secondary N) is 2. The van der Waals surface area contributed by atoms with Crippen LogP contribution in [0, 0.1) is 18.8 Å². The van der Waals surface area contributed by atoms with Gasteiger partial charge in [-0.1, -0.05) is 19.3 Å². The van der Waals surface area contributed by atoms with E-state index in [1.807, 2.05) is 32.3 Å². The molecule has 0 radical (unpaired) electrons. The molecular formula is C30H40F3N3O5. The highest BCUT2D eigenvalue weighted by molar-refractivity contribution is 5.97. The second-order valence-electron chi connectivity index (χ2n) is 12.5. The number of carboxylic acid groups (broad SMARTS) is 1. The first-order valence-corrected chi connectivity index (χ1v) is 14.2. The molecule has 4 N–H and O–H groups in total. The summed E-state index contributed by atoms with van der Waals surface area (Å²) < 4.78 is 46.1. The Morgan fingerprint density at radius 2 is 1.73 bits per heavy atom. The largest absolute Gasteiger partial charge is 0.573 e. The van der Waals surface area contributed by atoms with Gasteiger partial charge < -0.3 is 24.8 Å². The minimum atomic E-state index is -4.93. The van der Waals surface area contributed by atoms with Crippen molar-refractivity contribution in [1.82, 2.24) is 15.2 Å². The lowest BCUT2D eigenvalue weighted by Gasteiger charge is -2.32. The van der Waals surface area contributed by atoms with Gasteiger partial charge in [0.05, 0.1) is 11.5 Å². The molecule has 2 aliphatic carbocycles. The number of carbonyl (C=O) groups excluding carboxylic acids is 1. The first-order valence-electron chi connectivity index (χ1n) is 14.2. The second kappa shape index (κ2) is 12.1. The van der Waals surface area contributed by atoms with Gasteiger partial charge >= 0.3 is 12.3 Å². The minimum absolute atomic E-state index is 0.194. The van der Waals surface area contributed by atoms with Crippen LogP contribution in [-0.2, 0) is 11.3 Å². The van der Waals surface area contributed by atoms with Crippen LogP contribution < -0.4 is 15.4 Å². The van der Waals surface area contributed by atoms with Crippen LogP contribution in [-0.4, -0.2) is 44.6 Å². The summed E-state index contributed by atoms with van der Waals surface area (Å²) in [4.78, 5) is 24.5. The Labute approximate surface area is 238 Å². The Bertz CT molecular complexity index is 1260. The Kier molecular flexibility index (Phi) is 9.08. The molecule has 1 aromatic heterocycles. The standard InChI is InChI=1S/C30H40F3N3O5/c1-17-24(27(38)34-22-11-21(12-22)28(39)40)15-25(36(17)16-18-8-6-5-7-9-18)19-10-20(26(37)35-29(2,3)4)14-23(13-19)41-30(31,32)33/h10,13-15,18,21-22,26,35,37H,5-9,11-12,16H2,1-4H3,(H,34,38)(H,39,40)/t21-,22-,26?. The van der Waals surface area contributed by atoms with Crippen LogP contribution in [0.4, 0.5) is 13.2 Å². The normalized spacial score (nSPS) is 20.8. The van der Waals surface area contributed by atoms with Gasteiger partial charge in [-0.25, -0.2) is 0 Å². The van der Waals surface area contributed by atoms with Crippen molar-refractivity contribution >= 4 is 11.9 Å². The minimum Gasteiger partial charge on any atom is -0.481 e. The van der Waals surface area contributed by atoms with E-state index in [1.54, 1.807) is 12.1 Å². The first kappa shape index (κ1) is 30.9. The quantitative estimate of drug-likeness (QED) is 0.275. The van der Waals surface area contributed by atoms with Crippen molar-refractivity contribution in [1.29, 1.82) is 0 Å². The molecule has 4 rings (SSSR count). The van der Waals surface area contributed by atoms with Crippen molar-refractivity contribution in [2.75, 3.05) is 0 Å². The summed E-state index contributed by atoms with van der Waals surface area (Å²) in [5.41, 5.74) is 1.65.